The Balaban J connectivity index is 2.23. The van der Waals surface area contributed by atoms with Gasteiger partial charge in [-0.3, -0.25) is 0 Å². The Kier molecular flexibility index (Phi) is 1.33. The molecule has 0 aromatic heterocycles. The Labute approximate surface area is 58.1 Å². The molecule has 0 radical (unpaired) electrons. The van der Waals surface area contributed by atoms with Gasteiger partial charge in [0.25, 0.3) is 0 Å². The van der Waals surface area contributed by atoms with Crippen LogP contribution in [0.2, 0.25) is 0 Å². The fourth-order valence-electron chi connectivity index (χ4n) is 0.932. The highest BCUT2D eigenvalue weighted by atomic mass is 32.2. The molecule has 2 rings (SSSR count). The van der Waals surface area contributed by atoms with Crippen LogP contribution in [0.15, 0.2) is 23.1 Å². The average molecular weight is 141 g/mol. The van der Waals surface area contributed by atoms with Crippen molar-refractivity contribution in [1.82, 2.24) is 5.48 Å². The summed E-state index contributed by atoms with van der Waals surface area (Å²) >= 11 is 1.43. The van der Waals surface area contributed by atoms with Crippen LogP contribution in [0.25, 0.3) is 0 Å². The van der Waals surface area contributed by atoms with E-state index in [1.54, 1.807) is 0 Å². The first-order valence-corrected chi connectivity index (χ1v) is 3.67. The Morgan fingerprint density at radius 1 is 1.78 bits per heavy atom. The number of hydrogen-bond donors (Lipinski definition) is 1. The lowest BCUT2D eigenvalue weighted by Crippen LogP contribution is -2.21. The van der Waals surface area contributed by atoms with Crippen molar-refractivity contribution in [3.63, 3.8) is 0 Å². The first kappa shape index (κ1) is 5.53. The molecule has 3 heteroatoms. The largest absolute Gasteiger partial charge is 0.226 e. The van der Waals surface area contributed by atoms with Crippen LogP contribution in [0.3, 0.4) is 0 Å². The van der Waals surface area contributed by atoms with Crippen LogP contribution in [0, 0.1) is 0 Å². The topological polar surface area (TPSA) is 21.3 Å². The summed E-state index contributed by atoms with van der Waals surface area (Å²) in [5.41, 5.74) is 2.90. The van der Waals surface area contributed by atoms with Crippen LogP contribution in [0.1, 0.15) is 6.42 Å². The molecule has 1 fully saturated rings. The minimum Gasteiger partial charge on any atom is -0.226 e. The lowest BCUT2D eigenvalue weighted by molar-refractivity contribution is 0.233. The standard InChI is InChI=1S/C6H7NOS/c1-2-4-6-5(3-1)7-8-9-6/h1-2,4-5,7H,3H2. The number of rotatable bonds is 0. The normalized spacial score (nSPS) is 32.0. The molecule has 0 aromatic carbocycles. The molecular formula is C6H7NOS. The van der Waals surface area contributed by atoms with Crippen LogP contribution >= 0.6 is 12.0 Å². The van der Waals surface area contributed by atoms with Crippen molar-refractivity contribution in [3.8, 4) is 0 Å². The molecule has 1 N–H and O–H groups in total. The van der Waals surface area contributed by atoms with Crippen molar-refractivity contribution in [1.29, 1.82) is 0 Å². The van der Waals surface area contributed by atoms with Gasteiger partial charge in [0, 0.05) is 16.9 Å². The van der Waals surface area contributed by atoms with Gasteiger partial charge in [-0.25, -0.2) is 4.28 Å². The maximum Gasteiger partial charge on any atom is 0.0700 e. The molecule has 1 atom stereocenters. The van der Waals surface area contributed by atoms with Crippen LogP contribution in [0.4, 0.5) is 0 Å². The van der Waals surface area contributed by atoms with Crippen molar-refractivity contribution in [3.05, 3.63) is 23.1 Å². The monoisotopic (exact) mass is 141 g/mol. The highest BCUT2D eigenvalue weighted by Gasteiger charge is 2.22. The molecule has 1 saturated heterocycles. The molecule has 2 nitrogen and oxygen atoms in total. The summed E-state index contributed by atoms with van der Waals surface area (Å²) in [7, 11) is 0. The maximum absolute atomic E-state index is 4.95. The van der Waals surface area contributed by atoms with E-state index in [9.17, 15) is 0 Å². The fraction of sp³-hybridized carbons (Fsp3) is 0.333. The van der Waals surface area contributed by atoms with Gasteiger partial charge < -0.3 is 0 Å². The van der Waals surface area contributed by atoms with Crippen molar-refractivity contribution in [2.45, 2.75) is 12.5 Å². The first-order chi connectivity index (χ1) is 4.47. The third-order valence-electron chi connectivity index (χ3n) is 1.44. The highest BCUT2D eigenvalue weighted by Crippen LogP contribution is 2.30. The zero-order valence-corrected chi connectivity index (χ0v) is 5.65. The molecule has 2 aliphatic rings. The van der Waals surface area contributed by atoms with E-state index >= 15 is 0 Å². The van der Waals surface area contributed by atoms with E-state index in [-0.39, 0.29) is 0 Å². The molecular weight excluding hydrogens is 134 g/mol. The van der Waals surface area contributed by atoms with E-state index in [4.69, 9.17) is 4.28 Å². The van der Waals surface area contributed by atoms with Crippen LogP contribution < -0.4 is 5.48 Å². The van der Waals surface area contributed by atoms with Gasteiger partial charge in [0.2, 0.25) is 0 Å². The number of hydrogen-bond acceptors (Lipinski definition) is 3. The lowest BCUT2D eigenvalue weighted by Gasteiger charge is -2.07. The van der Waals surface area contributed by atoms with E-state index in [2.05, 4.69) is 23.7 Å². The van der Waals surface area contributed by atoms with E-state index < -0.39 is 0 Å². The first-order valence-electron chi connectivity index (χ1n) is 2.92. The number of fused-ring (bicyclic) bond motifs is 1. The van der Waals surface area contributed by atoms with Gasteiger partial charge in [-0.05, 0) is 12.5 Å². The zero-order valence-electron chi connectivity index (χ0n) is 4.83. The maximum atomic E-state index is 4.95. The Bertz CT molecular complexity index is 176. The van der Waals surface area contributed by atoms with Gasteiger partial charge in [-0.2, -0.15) is 5.48 Å². The second-order valence-corrected chi connectivity index (χ2v) is 2.87. The van der Waals surface area contributed by atoms with E-state index in [0.717, 1.165) is 6.42 Å². The smallest absolute Gasteiger partial charge is 0.0700 e. The van der Waals surface area contributed by atoms with Gasteiger partial charge in [-0.1, -0.05) is 12.2 Å². The molecule has 0 saturated carbocycles. The van der Waals surface area contributed by atoms with Gasteiger partial charge in [0.15, 0.2) is 0 Å². The summed E-state index contributed by atoms with van der Waals surface area (Å²) in [6.07, 6.45) is 7.34. The summed E-state index contributed by atoms with van der Waals surface area (Å²) < 4.78 is 4.95. The molecule has 1 aliphatic heterocycles. The summed E-state index contributed by atoms with van der Waals surface area (Å²) in [4.78, 5) is 1.29. The van der Waals surface area contributed by atoms with E-state index in [1.165, 1.54) is 16.9 Å². The van der Waals surface area contributed by atoms with Crippen molar-refractivity contribution in [2.75, 3.05) is 0 Å². The zero-order chi connectivity index (χ0) is 6.10. The summed E-state index contributed by atoms with van der Waals surface area (Å²) in [6.45, 7) is 0. The quantitative estimate of drug-likeness (QED) is 0.515. The molecule has 1 unspecified atom stereocenters. The number of hydroxylamine groups is 1. The van der Waals surface area contributed by atoms with Crippen LogP contribution in [0.5, 0.6) is 0 Å². The van der Waals surface area contributed by atoms with E-state index in [0.29, 0.717) is 6.04 Å². The van der Waals surface area contributed by atoms with Crippen molar-refractivity contribution in [2.24, 2.45) is 0 Å². The van der Waals surface area contributed by atoms with Crippen molar-refractivity contribution >= 4 is 12.0 Å². The minimum atomic E-state index is 0.431. The second kappa shape index (κ2) is 2.17. The summed E-state index contributed by atoms with van der Waals surface area (Å²) in [5, 5.41) is 0. The molecule has 1 heterocycles. The highest BCUT2D eigenvalue weighted by molar-refractivity contribution is 7.98. The number of nitrogens with one attached hydrogen (secondary N) is 1. The Hall–Kier alpha value is -0.250. The van der Waals surface area contributed by atoms with Gasteiger partial charge in [0.05, 0.1) is 6.04 Å². The van der Waals surface area contributed by atoms with Crippen molar-refractivity contribution < 1.29 is 4.28 Å². The SMILES string of the molecule is C1=CCC2NOSC2=C1. The lowest BCUT2D eigenvalue weighted by atomic mass is 10.1. The average Bonchev–Trinajstić information content (AvgIpc) is 2.33. The predicted octanol–water partition coefficient (Wildman–Crippen LogP) is 1.38. The molecule has 1 aliphatic carbocycles. The van der Waals surface area contributed by atoms with Crippen LogP contribution in [-0.4, -0.2) is 6.04 Å². The molecule has 48 valence electrons. The molecule has 0 amide bonds. The molecule has 9 heavy (non-hydrogen) atoms. The predicted molar refractivity (Wildman–Crippen MR) is 37.4 cm³/mol. The third kappa shape index (κ3) is 0.913. The minimum absolute atomic E-state index is 0.431. The second-order valence-electron chi connectivity index (χ2n) is 2.07. The van der Waals surface area contributed by atoms with Gasteiger partial charge >= 0.3 is 0 Å². The third-order valence-corrected chi connectivity index (χ3v) is 2.23. The molecule has 0 bridgehead atoms. The fourth-order valence-corrected chi connectivity index (χ4v) is 1.59. The van der Waals surface area contributed by atoms with Crippen LogP contribution in [-0.2, 0) is 4.28 Å². The van der Waals surface area contributed by atoms with E-state index in [1.807, 2.05) is 0 Å². The van der Waals surface area contributed by atoms with Gasteiger partial charge in [0.1, 0.15) is 0 Å². The summed E-state index contributed by atoms with van der Waals surface area (Å²) in [5.74, 6) is 0. The Morgan fingerprint density at radius 2 is 2.78 bits per heavy atom. The molecule has 0 spiro atoms. The summed E-state index contributed by atoms with van der Waals surface area (Å²) in [6, 6.07) is 0.431. The van der Waals surface area contributed by atoms with Gasteiger partial charge in [-0.15, -0.1) is 0 Å². The Morgan fingerprint density at radius 3 is 3.67 bits per heavy atom. The number of allylic oxidation sites excluding steroid dienone is 2. The molecule has 0 aromatic rings.